The number of fused-ring (bicyclic) bond motifs is 1. The molecular formula is C18H15F3N4O7S2. The fraction of sp³-hybridized carbons (Fsp3) is 0.278. The highest BCUT2D eigenvalue weighted by atomic mass is 32.2. The number of carboxylic acid groups (broad SMARTS) is 2. The van der Waals surface area contributed by atoms with E-state index in [1.54, 1.807) is 0 Å². The molecular weight excluding hydrogens is 505 g/mol. The molecule has 3 heterocycles. The van der Waals surface area contributed by atoms with Gasteiger partial charge in [-0.3, -0.25) is 19.3 Å². The summed E-state index contributed by atoms with van der Waals surface area (Å²) < 4.78 is 42.2. The molecule has 0 aromatic carbocycles. The van der Waals surface area contributed by atoms with E-state index < -0.39 is 53.8 Å². The van der Waals surface area contributed by atoms with E-state index in [0.29, 0.717) is 6.08 Å². The quantitative estimate of drug-likeness (QED) is 0.237. The zero-order valence-corrected chi connectivity index (χ0v) is 18.4. The first-order valence-corrected chi connectivity index (χ1v) is 11.1. The Kier molecular flexibility index (Phi) is 7.21. The van der Waals surface area contributed by atoms with Crippen LogP contribution in [0.3, 0.4) is 0 Å². The number of rotatable bonds is 7. The highest BCUT2D eigenvalue weighted by Gasteiger charge is 2.54. The van der Waals surface area contributed by atoms with Crippen molar-refractivity contribution in [1.82, 2.24) is 15.2 Å². The maximum atomic E-state index is 12.8. The molecule has 16 heteroatoms. The van der Waals surface area contributed by atoms with Crippen LogP contribution in [0.25, 0.3) is 5.57 Å². The predicted octanol–water partition coefficient (Wildman–Crippen LogP) is 2.01. The van der Waals surface area contributed by atoms with Crippen LogP contribution in [0.15, 0.2) is 35.1 Å². The minimum Gasteiger partial charge on any atom is -0.481 e. The average molecular weight is 520 g/mol. The van der Waals surface area contributed by atoms with Crippen molar-refractivity contribution in [3.8, 4) is 0 Å². The number of halogens is 3. The SMILES string of the molecule is Nc1nc(C(=CCC(=O)O)C(=O)N[C@@H]2C(=O)N3C(OC(=O)O)=C(C=CC(F)(F)F)CS[C@@H]23)cs1. The molecule has 0 bridgehead atoms. The second kappa shape index (κ2) is 9.76. The number of thioether (sulfide) groups is 1. The largest absolute Gasteiger partial charge is 0.512 e. The predicted molar refractivity (Wildman–Crippen MR) is 113 cm³/mol. The summed E-state index contributed by atoms with van der Waals surface area (Å²) in [7, 11) is 0. The van der Waals surface area contributed by atoms with Crippen LogP contribution < -0.4 is 11.1 Å². The average Bonchev–Trinajstić information content (AvgIpc) is 3.15. The first-order valence-electron chi connectivity index (χ1n) is 9.16. The van der Waals surface area contributed by atoms with Crippen LogP contribution in [0, 0.1) is 0 Å². The van der Waals surface area contributed by atoms with Crippen LogP contribution in [-0.2, 0) is 19.1 Å². The molecule has 11 nitrogen and oxygen atoms in total. The fourth-order valence-electron chi connectivity index (χ4n) is 3.02. The number of alkyl halides is 3. The Balaban J connectivity index is 1.83. The van der Waals surface area contributed by atoms with Gasteiger partial charge in [-0.05, 0) is 6.08 Å². The van der Waals surface area contributed by atoms with Gasteiger partial charge in [-0.2, -0.15) is 13.2 Å². The summed E-state index contributed by atoms with van der Waals surface area (Å²) in [5.74, 6) is -3.60. The molecule has 2 aliphatic heterocycles. The maximum Gasteiger partial charge on any atom is 0.512 e. The molecule has 182 valence electrons. The summed E-state index contributed by atoms with van der Waals surface area (Å²) in [5, 5.41) is 21.0. The van der Waals surface area contributed by atoms with Gasteiger partial charge in [-0.1, -0.05) is 6.08 Å². The number of carboxylic acids is 1. The molecule has 0 unspecified atom stereocenters. The van der Waals surface area contributed by atoms with Gasteiger partial charge in [0.05, 0.1) is 17.7 Å². The normalized spacial score (nSPS) is 20.7. The van der Waals surface area contributed by atoms with Gasteiger partial charge in [0.15, 0.2) is 5.13 Å². The highest BCUT2D eigenvalue weighted by Crippen LogP contribution is 2.41. The lowest BCUT2D eigenvalue weighted by Gasteiger charge is -2.48. The van der Waals surface area contributed by atoms with E-state index in [0.717, 1.165) is 34.1 Å². The van der Waals surface area contributed by atoms with E-state index in [-0.39, 0.29) is 33.8 Å². The fourth-order valence-corrected chi connectivity index (χ4v) is 4.88. The number of nitrogens with zero attached hydrogens (tertiary/aromatic N) is 2. The van der Waals surface area contributed by atoms with Gasteiger partial charge in [-0.15, -0.1) is 23.1 Å². The van der Waals surface area contributed by atoms with Crippen molar-refractivity contribution >= 4 is 57.7 Å². The van der Waals surface area contributed by atoms with E-state index in [4.69, 9.17) is 15.9 Å². The molecule has 1 aromatic heterocycles. The number of hydrogen-bond donors (Lipinski definition) is 4. The molecule has 0 aliphatic carbocycles. The van der Waals surface area contributed by atoms with Gasteiger partial charge in [0.1, 0.15) is 11.4 Å². The summed E-state index contributed by atoms with van der Waals surface area (Å²) in [6.07, 6.45) is -5.43. The molecule has 2 amide bonds. The van der Waals surface area contributed by atoms with Gasteiger partial charge in [-0.25, -0.2) is 9.78 Å². The zero-order chi connectivity index (χ0) is 25.2. The van der Waals surface area contributed by atoms with Gasteiger partial charge in [0, 0.05) is 22.8 Å². The molecule has 5 N–H and O–H groups in total. The van der Waals surface area contributed by atoms with Crippen LogP contribution >= 0.6 is 23.1 Å². The Morgan fingerprint density at radius 1 is 1.35 bits per heavy atom. The van der Waals surface area contributed by atoms with Crippen molar-refractivity contribution < 1.29 is 47.3 Å². The van der Waals surface area contributed by atoms with Crippen LogP contribution in [0.1, 0.15) is 12.1 Å². The van der Waals surface area contributed by atoms with E-state index in [9.17, 15) is 32.3 Å². The minimum absolute atomic E-state index is 0.0931. The zero-order valence-electron chi connectivity index (χ0n) is 16.7. The van der Waals surface area contributed by atoms with E-state index >= 15 is 0 Å². The van der Waals surface area contributed by atoms with Crippen molar-refractivity contribution in [2.75, 3.05) is 11.5 Å². The number of nitrogens with two attached hydrogens (primary N) is 1. The molecule has 0 saturated carbocycles. The monoisotopic (exact) mass is 520 g/mol. The number of nitrogens with one attached hydrogen (secondary N) is 1. The number of amides is 2. The summed E-state index contributed by atoms with van der Waals surface area (Å²) in [4.78, 5) is 52.3. The molecule has 1 fully saturated rings. The van der Waals surface area contributed by atoms with E-state index in [2.05, 4.69) is 15.0 Å². The molecule has 2 atom stereocenters. The molecule has 1 aromatic rings. The number of allylic oxidation sites excluding steroid dienone is 2. The first kappa shape index (κ1) is 25.1. The number of β-lactam (4-membered cyclic amide) rings is 1. The molecule has 3 rings (SSSR count). The van der Waals surface area contributed by atoms with Crippen molar-refractivity contribution in [3.63, 3.8) is 0 Å². The topological polar surface area (TPSA) is 172 Å². The molecule has 2 aliphatic rings. The Hall–Kier alpha value is -3.53. The van der Waals surface area contributed by atoms with Gasteiger partial charge in [0.25, 0.3) is 11.8 Å². The third-order valence-electron chi connectivity index (χ3n) is 4.41. The lowest BCUT2D eigenvalue weighted by Crippen LogP contribution is -2.70. The second-order valence-corrected chi connectivity index (χ2v) is 8.72. The highest BCUT2D eigenvalue weighted by molar-refractivity contribution is 8.00. The lowest BCUT2D eigenvalue weighted by atomic mass is 10.0. The third-order valence-corrected chi connectivity index (χ3v) is 6.39. The number of anilines is 1. The summed E-state index contributed by atoms with van der Waals surface area (Å²) in [6.45, 7) is 0. The van der Waals surface area contributed by atoms with Crippen molar-refractivity contribution in [2.45, 2.75) is 24.0 Å². The number of aromatic nitrogens is 1. The van der Waals surface area contributed by atoms with Gasteiger partial charge < -0.3 is 26.0 Å². The van der Waals surface area contributed by atoms with Gasteiger partial charge >= 0.3 is 18.3 Å². The van der Waals surface area contributed by atoms with Crippen LogP contribution in [0.4, 0.5) is 23.1 Å². The van der Waals surface area contributed by atoms with Crippen LogP contribution in [0.2, 0.25) is 0 Å². The second-order valence-electron chi connectivity index (χ2n) is 6.72. The standard InChI is InChI=1S/C18H15F3N4O7S2/c19-18(20,21)4-3-7-5-33-15-11(13(29)25(15)14(7)32-17(30)31)24-12(28)8(1-2-10(26)27)9-6-34-16(22)23-9/h1,3-4,6,11,15H,2,5H2,(H2,22,23)(H,24,28)(H,26,27)(H,30,31)/t11-,15+/m1/s1. The van der Waals surface area contributed by atoms with Gasteiger partial charge in [0.2, 0.25) is 5.88 Å². The Bertz CT molecular complexity index is 1130. The summed E-state index contributed by atoms with van der Waals surface area (Å²) in [6, 6.07) is -1.18. The Morgan fingerprint density at radius 2 is 2.06 bits per heavy atom. The number of carbonyl (C=O) groups excluding carboxylic acids is 2. The summed E-state index contributed by atoms with van der Waals surface area (Å²) >= 11 is 1.99. The van der Waals surface area contributed by atoms with Crippen LogP contribution in [0.5, 0.6) is 0 Å². The maximum absolute atomic E-state index is 12.8. The number of ether oxygens (including phenoxy) is 1. The number of thiazole rings is 1. The van der Waals surface area contributed by atoms with E-state index in [1.807, 2.05) is 0 Å². The van der Waals surface area contributed by atoms with Crippen molar-refractivity contribution in [2.24, 2.45) is 0 Å². The lowest BCUT2D eigenvalue weighted by molar-refractivity contribution is -0.148. The first-order chi connectivity index (χ1) is 15.9. The molecule has 0 spiro atoms. The third kappa shape index (κ3) is 5.69. The number of aliphatic carboxylic acids is 1. The van der Waals surface area contributed by atoms with Crippen LogP contribution in [-0.4, -0.2) is 67.4 Å². The number of carbonyl (C=O) groups is 4. The van der Waals surface area contributed by atoms with Crippen molar-refractivity contribution in [3.05, 3.63) is 40.8 Å². The Labute approximate surface area is 196 Å². The number of nitrogen functional groups attached to an aromatic ring is 1. The summed E-state index contributed by atoms with van der Waals surface area (Å²) in [5.41, 5.74) is 5.33. The molecule has 0 radical (unpaired) electrons. The number of hydrogen-bond acceptors (Lipinski definition) is 9. The van der Waals surface area contributed by atoms with Crippen molar-refractivity contribution in [1.29, 1.82) is 0 Å². The Morgan fingerprint density at radius 3 is 2.62 bits per heavy atom. The molecule has 1 saturated heterocycles. The minimum atomic E-state index is -4.67. The smallest absolute Gasteiger partial charge is 0.481 e. The molecule has 34 heavy (non-hydrogen) atoms. The van der Waals surface area contributed by atoms with E-state index in [1.165, 1.54) is 5.38 Å².